The van der Waals surface area contributed by atoms with Crippen LogP contribution in [0.25, 0.3) is 0 Å². The monoisotopic (exact) mass is 461 g/mol. The molecule has 0 radical (unpaired) electrons. The van der Waals surface area contributed by atoms with Gasteiger partial charge in [-0.05, 0) is 62.1 Å². The summed E-state index contributed by atoms with van der Waals surface area (Å²) in [6.07, 6.45) is 8.65. The number of amides is 1. The molecule has 0 N–H and O–H groups in total. The van der Waals surface area contributed by atoms with Gasteiger partial charge in [-0.3, -0.25) is 4.79 Å². The van der Waals surface area contributed by atoms with Gasteiger partial charge in [0.05, 0.1) is 33.9 Å². The molecule has 2 aliphatic rings. The molecule has 0 spiro atoms. The minimum absolute atomic E-state index is 0.00863. The maximum atomic E-state index is 14.1. The van der Waals surface area contributed by atoms with Gasteiger partial charge in [0.25, 0.3) is 0 Å². The lowest BCUT2D eigenvalue weighted by atomic mass is 9.75. The zero-order valence-corrected chi connectivity index (χ0v) is 20.6. The van der Waals surface area contributed by atoms with E-state index in [2.05, 4.69) is 0 Å². The minimum atomic E-state index is -0.508. The number of esters is 1. The maximum absolute atomic E-state index is 14.1. The van der Waals surface area contributed by atoms with E-state index in [0.29, 0.717) is 36.8 Å². The Morgan fingerprint density at radius 3 is 2.15 bits per heavy atom. The van der Waals surface area contributed by atoms with Crippen molar-refractivity contribution in [2.75, 3.05) is 34.5 Å². The molecular formula is C26H39NO6. The molecule has 2 atom stereocenters. The summed E-state index contributed by atoms with van der Waals surface area (Å²) >= 11 is 0. The van der Waals surface area contributed by atoms with Gasteiger partial charge < -0.3 is 23.8 Å². The van der Waals surface area contributed by atoms with Crippen molar-refractivity contribution in [1.82, 2.24) is 4.90 Å². The number of hydrogen-bond acceptors (Lipinski definition) is 6. The summed E-state index contributed by atoms with van der Waals surface area (Å²) in [6, 6.07) is 3.28. The number of carbonyl (C=O) groups excluding carboxylic acids is 2. The molecule has 0 bridgehead atoms. The number of likely N-dealkylation sites (tertiary alicyclic amines) is 1. The van der Waals surface area contributed by atoms with Crippen LogP contribution < -0.4 is 14.2 Å². The number of carbonyl (C=O) groups is 2. The first-order valence-corrected chi connectivity index (χ1v) is 12.3. The van der Waals surface area contributed by atoms with E-state index < -0.39 is 6.04 Å². The van der Waals surface area contributed by atoms with Crippen LogP contribution in [0, 0.1) is 5.92 Å². The highest BCUT2D eigenvalue weighted by Crippen LogP contribution is 2.45. The topological polar surface area (TPSA) is 74.3 Å². The van der Waals surface area contributed by atoms with E-state index in [9.17, 15) is 9.59 Å². The fraction of sp³-hybridized carbons (Fsp3) is 0.692. The molecule has 1 aliphatic carbocycles. The van der Waals surface area contributed by atoms with Crippen molar-refractivity contribution in [3.8, 4) is 17.2 Å². The first-order chi connectivity index (χ1) is 16.0. The summed E-state index contributed by atoms with van der Waals surface area (Å²) in [5.41, 5.74) is 0.854. The van der Waals surface area contributed by atoms with Crippen molar-refractivity contribution < 1.29 is 28.5 Å². The number of ether oxygens (including phenoxy) is 4. The number of hydrogen-bond donors (Lipinski definition) is 0. The summed E-state index contributed by atoms with van der Waals surface area (Å²) in [7, 11) is 4.75. The fourth-order valence-corrected chi connectivity index (χ4v) is 5.28. The van der Waals surface area contributed by atoms with Gasteiger partial charge in [-0.25, -0.2) is 4.79 Å². The van der Waals surface area contributed by atoms with Gasteiger partial charge in [-0.1, -0.05) is 26.2 Å². The number of nitrogens with zero attached hydrogens (tertiary/aromatic N) is 1. The van der Waals surface area contributed by atoms with Gasteiger partial charge in [0, 0.05) is 6.54 Å². The lowest BCUT2D eigenvalue weighted by molar-refractivity contribution is -0.158. The highest BCUT2D eigenvalue weighted by Gasteiger charge is 2.40. The van der Waals surface area contributed by atoms with Crippen LogP contribution in [0.5, 0.6) is 17.2 Å². The molecule has 3 rings (SSSR count). The molecule has 1 aromatic rings. The molecule has 2 fully saturated rings. The molecular weight excluding hydrogens is 422 g/mol. The summed E-state index contributed by atoms with van der Waals surface area (Å²) in [4.78, 5) is 28.7. The predicted octanol–water partition coefficient (Wildman–Crippen LogP) is 4.71. The third kappa shape index (κ3) is 5.74. The van der Waals surface area contributed by atoms with Crippen LogP contribution in [0.3, 0.4) is 0 Å². The van der Waals surface area contributed by atoms with Crippen LogP contribution >= 0.6 is 0 Å². The summed E-state index contributed by atoms with van der Waals surface area (Å²) in [6.45, 7) is 2.94. The maximum Gasteiger partial charge on any atom is 0.328 e. The van der Waals surface area contributed by atoms with Gasteiger partial charge in [0.2, 0.25) is 11.7 Å². The summed E-state index contributed by atoms with van der Waals surface area (Å²) < 4.78 is 22.1. The fourth-order valence-electron chi connectivity index (χ4n) is 5.28. The lowest BCUT2D eigenvalue weighted by Crippen LogP contribution is -2.51. The van der Waals surface area contributed by atoms with E-state index >= 15 is 0 Å². The van der Waals surface area contributed by atoms with Crippen LogP contribution in [-0.2, 0) is 14.3 Å². The van der Waals surface area contributed by atoms with Crippen LogP contribution in [0.4, 0.5) is 0 Å². The van der Waals surface area contributed by atoms with Crippen LogP contribution in [0.2, 0.25) is 0 Å². The van der Waals surface area contributed by atoms with Gasteiger partial charge >= 0.3 is 5.97 Å². The lowest BCUT2D eigenvalue weighted by Gasteiger charge is -2.39. The third-order valence-electron chi connectivity index (χ3n) is 6.94. The zero-order valence-electron chi connectivity index (χ0n) is 20.6. The van der Waals surface area contributed by atoms with Crippen LogP contribution in [0.1, 0.15) is 76.2 Å². The molecule has 184 valence electrons. The van der Waals surface area contributed by atoms with Crippen molar-refractivity contribution >= 4 is 11.9 Å². The number of piperidine rings is 1. The van der Waals surface area contributed by atoms with Gasteiger partial charge in [-0.15, -0.1) is 0 Å². The molecule has 1 saturated carbocycles. The van der Waals surface area contributed by atoms with Crippen molar-refractivity contribution in [3.63, 3.8) is 0 Å². The molecule has 1 aliphatic heterocycles. The van der Waals surface area contributed by atoms with E-state index in [4.69, 9.17) is 18.9 Å². The summed E-state index contributed by atoms with van der Waals surface area (Å²) in [5, 5.41) is 0. The highest BCUT2D eigenvalue weighted by molar-refractivity contribution is 5.89. The van der Waals surface area contributed by atoms with E-state index in [1.54, 1.807) is 26.2 Å². The molecule has 1 heterocycles. The molecule has 1 saturated heterocycles. The number of methoxy groups -OCH3 is 3. The first kappa shape index (κ1) is 25.2. The van der Waals surface area contributed by atoms with Crippen molar-refractivity contribution in [3.05, 3.63) is 17.7 Å². The Hall–Kier alpha value is -2.44. The standard InChI is InChI=1S/C26H39NO6/c1-5-15-33-26(29)20-13-9-10-14-27(20)25(28)23(18-11-7-6-8-12-18)19-16-21(30-2)24(32-4)22(17-19)31-3/h16-18,20,23H,5-15H2,1-4H3/t20-,23-/m0/s1. The Labute approximate surface area is 197 Å². The zero-order chi connectivity index (χ0) is 23.8. The average Bonchev–Trinajstić information content (AvgIpc) is 2.87. The Balaban J connectivity index is 2.00. The first-order valence-electron chi connectivity index (χ1n) is 12.3. The Morgan fingerprint density at radius 2 is 1.58 bits per heavy atom. The Bertz CT molecular complexity index is 779. The van der Waals surface area contributed by atoms with Gasteiger partial charge in [-0.2, -0.15) is 0 Å². The van der Waals surface area contributed by atoms with E-state index in [1.807, 2.05) is 19.1 Å². The quantitative estimate of drug-likeness (QED) is 0.496. The highest BCUT2D eigenvalue weighted by atomic mass is 16.5. The molecule has 7 heteroatoms. The number of benzene rings is 1. The van der Waals surface area contributed by atoms with E-state index in [-0.39, 0.29) is 23.7 Å². The molecule has 0 aromatic heterocycles. The Morgan fingerprint density at radius 1 is 0.939 bits per heavy atom. The molecule has 1 aromatic carbocycles. The van der Waals surface area contributed by atoms with Crippen molar-refractivity contribution in [2.45, 2.75) is 76.7 Å². The minimum Gasteiger partial charge on any atom is -0.493 e. The second-order valence-corrected chi connectivity index (χ2v) is 9.05. The molecule has 33 heavy (non-hydrogen) atoms. The van der Waals surface area contributed by atoms with Crippen LogP contribution in [-0.4, -0.2) is 57.3 Å². The normalized spacial score (nSPS) is 20.1. The Kier molecular flexibility index (Phi) is 9.27. The van der Waals surface area contributed by atoms with Crippen molar-refractivity contribution in [1.29, 1.82) is 0 Å². The van der Waals surface area contributed by atoms with E-state index in [0.717, 1.165) is 50.5 Å². The average molecular weight is 462 g/mol. The SMILES string of the molecule is CCCOC(=O)[C@@H]1CCCCN1C(=O)[C@H](c1cc(OC)c(OC)c(OC)c1)C1CCCCC1. The van der Waals surface area contributed by atoms with Gasteiger partial charge in [0.15, 0.2) is 11.5 Å². The second kappa shape index (κ2) is 12.1. The third-order valence-corrected chi connectivity index (χ3v) is 6.94. The largest absolute Gasteiger partial charge is 0.493 e. The second-order valence-electron chi connectivity index (χ2n) is 9.05. The smallest absolute Gasteiger partial charge is 0.328 e. The van der Waals surface area contributed by atoms with Gasteiger partial charge in [0.1, 0.15) is 6.04 Å². The van der Waals surface area contributed by atoms with Crippen LogP contribution in [0.15, 0.2) is 12.1 Å². The molecule has 0 unspecified atom stereocenters. The summed E-state index contributed by atoms with van der Waals surface area (Å²) in [5.74, 6) is 1.17. The predicted molar refractivity (Wildman–Crippen MR) is 126 cm³/mol. The number of rotatable bonds is 9. The molecule has 1 amide bonds. The van der Waals surface area contributed by atoms with E-state index in [1.165, 1.54) is 6.42 Å². The van der Waals surface area contributed by atoms with Crippen molar-refractivity contribution in [2.24, 2.45) is 5.92 Å². The molecule has 7 nitrogen and oxygen atoms in total.